The van der Waals surface area contributed by atoms with Crippen molar-refractivity contribution in [1.82, 2.24) is 9.97 Å². The van der Waals surface area contributed by atoms with E-state index in [1.54, 1.807) is 0 Å². The molecule has 0 radical (unpaired) electrons. The van der Waals surface area contributed by atoms with Crippen LogP contribution in [0.4, 0.5) is 0 Å². The number of Topliss-reactive ketones (excluding diaryl/α,β-unsaturated/α-hetero) is 1. The van der Waals surface area contributed by atoms with Crippen LogP contribution >= 0.6 is 0 Å². The number of hydrogen-bond donors (Lipinski definition) is 0. The Labute approximate surface area is 99.3 Å². The van der Waals surface area contributed by atoms with Crippen molar-refractivity contribution in [2.24, 2.45) is 0 Å². The summed E-state index contributed by atoms with van der Waals surface area (Å²) in [5.74, 6) is -0.140. The van der Waals surface area contributed by atoms with Crippen LogP contribution in [-0.4, -0.2) is 22.9 Å². The highest BCUT2D eigenvalue weighted by Gasteiger charge is 2.21. The molecule has 0 fully saturated rings. The summed E-state index contributed by atoms with van der Waals surface area (Å²) in [7, 11) is 1.51. The molecule has 86 valence electrons. The predicted octanol–water partition coefficient (Wildman–Crippen LogP) is 2.05. The van der Waals surface area contributed by atoms with Crippen LogP contribution in [-0.2, 0) is 4.74 Å². The molecular formula is C13H12N2O2. The Morgan fingerprint density at radius 2 is 1.82 bits per heavy atom. The molecule has 0 bridgehead atoms. The van der Waals surface area contributed by atoms with E-state index in [0.29, 0.717) is 5.56 Å². The first-order chi connectivity index (χ1) is 8.33. The zero-order valence-electron chi connectivity index (χ0n) is 9.41. The van der Waals surface area contributed by atoms with Crippen LogP contribution in [0.2, 0.25) is 0 Å². The number of carbonyl (C=O) groups is 1. The average molecular weight is 228 g/mol. The molecule has 2 aromatic rings. The third-order valence-corrected chi connectivity index (χ3v) is 2.42. The van der Waals surface area contributed by atoms with Crippen molar-refractivity contribution in [2.75, 3.05) is 7.11 Å². The standard InChI is InChI=1S/C13H12N2O2/c1-17-13(10-5-3-2-4-6-10)12(16)11-7-14-9-15-8-11/h2-9,13H,1H3. The highest BCUT2D eigenvalue weighted by molar-refractivity contribution is 5.99. The van der Waals surface area contributed by atoms with Crippen LogP contribution in [0.1, 0.15) is 22.0 Å². The van der Waals surface area contributed by atoms with E-state index in [2.05, 4.69) is 9.97 Å². The number of hydrogen-bond acceptors (Lipinski definition) is 4. The van der Waals surface area contributed by atoms with Crippen molar-refractivity contribution in [3.63, 3.8) is 0 Å². The minimum atomic E-state index is -0.609. The Balaban J connectivity index is 2.29. The molecule has 0 N–H and O–H groups in total. The Morgan fingerprint density at radius 3 is 2.41 bits per heavy atom. The van der Waals surface area contributed by atoms with Crippen LogP contribution in [0.25, 0.3) is 0 Å². The van der Waals surface area contributed by atoms with Crippen LogP contribution in [0.3, 0.4) is 0 Å². The summed E-state index contributed by atoms with van der Waals surface area (Å²) in [4.78, 5) is 19.8. The summed E-state index contributed by atoms with van der Waals surface area (Å²) < 4.78 is 5.25. The van der Waals surface area contributed by atoms with Gasteiger partial charge in [-0.05, 0) is 5.56 Å². The lowest BCUT2D eigenvalue weighted by atomic mass is 10.0. The smallest absolute Gasteiger partial charge is 0.199 e. The van der Waals surface area contributed by atoms with Gasteiger partial charge in [0.15, 0.2) is 5.78 Å². The fourth-order valence-corrected chi connectivity index (χ4v) is 1.60. The molecule has 1 atom stereocenters. The van der Waals surface area contributed by atoms with Gasteiger partial charge < -0.3 is 4.74 Å². The van der Waals surface area contributed by atoms with E-state index in [9.17, 15) is 4.79 Å². The lowest BCUT2D eigenvalue weighted by Gasteiger charge is -2.13. The second kappa shape index (κ2) is 5.32. The number of aromatic nitrogens is 2. The lowest BCUT2D eigenvalue weighted by molar-refractivity contribution is 0.0603. The highest BCUT2D eigenvalue weighted by Crippen LogP contribution is 2.20. The predicted molar refractivity (Wildman–Crippen MR) is 62.6 cm³/mol. The fraction of sp³-hybridized carbons (Fsp3) is 0.154. The summed E-state index contributed by atoms with van der Waals surface area (Å²) in [6, 6.07) is 9.35. The molecule has 0 aliphatic rings. The van der Waals surface area contributed by atoms with E-state index in [4.69, 9.17) is 4.74 Å². The molecule has 1 aromatic carbocycles. The monoisotopic (exact) mass is 228 g/mol. The van der Waals surface area contributed by atoms with Gasteiger partial charge in [0, 0.05) is 19.5 Å². The Morgan fingerprint density at radius 1 is 1.18 bits per heavy atom. The number of ketones is 1. The molecule has 0 spiro atoms. The van der Waals surface area contributed by atoms with Gasteiger partial charge in [-0.1, -0.05) is 30.3 Å². The number of rotatable bonds is 4. The van der Waals surface area contributed by atoms with Crippen molar-refractivity contribution >= 4 is 5.78 Å². The van der Waals surface area contributed by atoms with Crippen molar-refractivity contribution in [3.8, 4) is 0 Å². The minimum absolute atomic E-state index is 0.140. The first-order valence-corrected chi connectivity index (χ1v) is 5.20. The zero-order valence-corrected chi connectivity index (χ0v) is 9.41. The molecule has 4 nitrogen and oxygen atoms in total. The summed E-state index contributed by atoms with van der Waals surface area (Å²) in [5.41, 5.74) is 1.27. The average Bonchev–Trinajstić information content (AvgIpc) is 2.42. The molecule has 0 amide bonds. The second-order valence-electron chi connectivity index (χ2n) is 3.52. The van der Waals surface area contributed by atoms with Gasteiger partial charge >= 0.3 is 0 Å². The Kier molecular flexibility index (Phi) is 3.57. The summed E-state index contributed by atoms with van der Waals surface area (Å²) in [6.07, 6.45) is 3.76. The molecule has 0 saturated carbocycles. The maximum absolute atomic E-state index is 12.2. The normalized spacial score (nSPS) is 12.1. The van der Waals surface area contributed by atoms with Crippen LogP contribution in [0.15, 0.2) is 49.1 Å². The molecule has 2 rings (SSSR count). The maximum Gasteiger partial charge on any atom is 0.199 e. The van der Waals surface area contributed by atoms with E-state index < -0.39 is 6.10 Å². The van der Waals surface area contributed by atoms with Gasteiger partial charge in [0.1, 0.15) is 12.4 Å². The number of carbonyl (C=O) groups excluding carboxylic acids is 1. The molecule has 0 aliphatic carbocycles. The van der Waals surface area contributed by atoms with Crippen molar-refractivity contribution in [1.29, 1.82) is 0 Å². The van der Waals surface area contributed by atoms with Gasteiger partial charge in [-0.2, -0.15) is 0 Å². The van der Waals surface area contributed by atoms with E-state index in [0.717, 1.165) is 5.56 Å². The maximum atomic E-state index is 12.2. The second-order valence-corrected chi connectivity index (χ2v) is 3.52. The molecule has 4 heteroatoms. The zero-order chi connectivity index (χ0) is 12.1. The summed E-state index contributed by atoms with van der Waals surface area (Å²) >= 11 is 0. The molecule has 1 unspecified atom stereocenters. The van der Waals surface area contributed by atoms with Crippen LogP contribution in [0.5, 0.6) is 0 Å². The van der Waals surface area contributed by atoms with Gasteiger partial charge in [0.2, 0.25) is 0 Å². The van der Waals surface area contributed by atoms with E-state index in [-0.39, 0.29) is 5.78 Å². The van der Waals surface area contributed by atoms with Gasteiger partial charge in [-0.15, -0.1) is 0 Å². The van der Waals surface area contributed by atoms with E-state index in [1.165, 1.54) is 25.8 Å². The summed E-state index contributed by atoms with van der Waals surface area (Å²) in [6.45, 7) is 0. The molecule has 1 aromatic heterocycles. The largest absolute Gasteiger partial charge is 0.369 e. The lowest BCUT2D eigenvalue weighted by Crippen LogP contribution is -2.15. The van der Waals surface area contributed by atoms with Crippen molar-refractivity contribution < 1.29 is 9.53 Å². The molecule has 17 heavy (non-hydrogen) atoms. The number of nitrogens with zero attached hydrogens (tertiary/aromatic N) is 2. The first kappa shape index (κ1) is 11.4. The van der Waals surface area contributed by atoms with E-state index in [1.807, 2.05) is 30.3 Å². The van der Waals surface area contributed by atoms with Crippen LogP contribution < -0.4 is 0 Å². The quantitative estimate of drug-likeness (QED) is 0.751. The van der Waals surface area contributed by atoms with Crippen LogP contribution in [0, 0.1) is 0 Å². The third-order valence-electron chi connectivity index (χ3n) is 2.42. The fourth-order valence-electron chi connectivity index (χ4n) is 1.60. The first-order valence-electron chi connectivity index (χ1n) is 5.20. The topological polar surface area (TPSA) is 52.1 Å². The molecule has 0 saturated heterocycles. The summed E-state index contributed by atoms with van der Waals surface area (Å²) in [5, 5.41) is 0. The number of ether oxygens (including phenoxy) is 1. The van der Waals surface area contributed by atoms with Gasteiger partial charge in [-0.25, -0.2) is 9.97 Å². The molecular weight excluding hydrogens is 216 g/mol. The Bertz CT molecular complexity index is 485. The van der Waals surface area contributed by atoms with Crippen molar-refractivity contribution in [3.05, 3.63) is 60.2 Å². The van der Waals surface area contributed by atoms with Gasteiger partial charge in [-0.3, -0.25) is 4.79 Å². The molecule has 0 aliphatic heterocycles. The highest BCUT2D eigenvalue weighted by atomic mass is 16.5. The van der Waals surface area contributed by atoms with E-state index >= 15 is 0 Å². The third kappa shape index (κ3) is 2.54. The number of methoxy groups -OCH3 is 1. The van der Waals surface area contributed by atoms with Gasteiger partial charge in [0.25, 0.3) is 0 Å². The Hall–Kier alpha value is -2.07. The van der Waals surface area contributed by atoms with Crippen molar-refractivity contribution in [2.45, 2.75) is 6.10 Å². The van der Waals surface area contributed by atoms with Gasteiger partial charge in [0.05, 0.1) is 5.56 Å². The SMILES string of the molecule is COC(C(=O)c1cncnc1)c1ccccc1. The number of benzene rings is 1. The minimum Gasteiger partial charge on any atom is -0.369 e. The molecule has 1 heterocycles.